The first-order valence-electron chi connectivity index (χ1n) is 3.72. The molecule has 3 N–H and O–H groups in total. The second-order valence-electron chi connectivity index (χ2n) is 2.59. The van der Waals surface area contributed by atoms with Crippen LogP contribution in [-0.2, 0) is 6.54 Å². The molecule has 1 heterocycles. The molecule has 6 nitrogen and oxygen atoms in total. The topological polar surface area (TPSA) is 95.3 Å². The van der Waals surface area contributed by atoms with Crippen molar-refractivity contribution in [2.24, 2.45) is 0 Å². The molecular formula is C7H10N2O4. The molecule has 1 aromatic heterocycles. The van der Waals surface area contributed by atoms with Crippen LogP contribution in [0.15, 0.2) is 21.7 Å². The summed E-state index contributed by atoms with van der Waals surface area (Å²) in [5, 5.41) is 19.7. The van der Waals surface area contributed by atoms with E-state index in [1.165, 1.54) is 0 Å². The molecule has 0 bridgehead atoms. The van der Waals surface area contributed by atoms with Crippen LogP contribution in [0.5, 0.6) is 0 Å². The Bertz CT molecular complexity index is 381. The van der Waals surface area contributed by atoms with Gasteiger partial charge in [0.15, 0.2) is 0 Å². The fraction of sp³-hybridized carbons (Fsp3) is 0.429. The summed E-state index contributed by atoms with van der Waals surface area (Å²) >= 11 is 0. The molecule has 13 heavy (non-hydrogen) atoms. The van der Waals surface area contributed by atoms with Crippen LogP contribution in [-0.4, -0.2) is 32.7 Å². The first-order chi connectivity index (χ1) is 6.13. The van der Waals surface area contributed by atoms with Gasteiger partial charge in [-0.2, -0.15) is 0 Å². The van der Waals surface area contributed by atoms with Gasteiger partial charge in [0.2, 0.25) is 0 Å². The molecule has 0 aliphatic heterocycles. The van der Waals surface area contributed by atoms with Gasteiger partial charge in [0.1, 0.15) is 0 Å². The molecular weight excluding hydrogens is 176 g/mol. The Hall–Kier alpha value is -1.40. The van der Waals surface area contributed by atoms with Gasteiger partial charge in [-0.1, -0.05) is 0 Å². The Morgan fingerprint density at radius 3 is 2.77 bits per heavy atom. The third kappa shape index (κ3) is 2.53. The number of nitrogens with zero attached hydrogens (tertiary/aromatic N) is 1. The van der Waals surface area contributed by atoms with Crippen molar-refractivity contribution in [2.75, 3.05) is 6.61 Å². The number of hydrogen-bond acceptors (Lipinski definition) is 4. The van der Waals surface area contributed by atoms with Gasteiger partial charge < -0.3 is 10.2 Å². The lowest BCUT2D eigenvalue weighted by Gasteiger charge is -2.08. The van der Waals surface area contributed by atoms with Gasteiger partial charge in [0.05, 0.1) is 19.3 Å². The lowest BCUT2D eigenvalue weighted by atomic mass is 10.4. The maximum absolute atomic E-state index is 11.0. The molecule has 0 amide bonds. The van der Waals surface area contributed by atoms with Gasteiger partial charge in [-0.25, -0.2) is 4.68 Å². The van der Waals surface area contributed by atoms with Crippen molar-refractivity contribution < 1.29 is 10.2 Å². The fourth-order valence-electron chi connectivity index (χ4n) is 0.866. The highest BCUT2D eigenvalue weighted by atomic mass is 16.3. The van der Waals surface area contributed by atoms with E-state index < -0.39 is 23.8 Å². The van der Waals surface area contributed by atoms with Crippen LogP contribution >= 0.6 is 0 Å². The van der Waals surface area contributed by atoms with E-state index in [9.17, 15) is 9.59 Å². The number of aromatic amines is 1. The van der Waals surface area contributed by atoms with E-state index >= 15 is 0 Å². The van der Waals surface area contributed by atoms with Crippen molar-refractivity contribution in [1.29, 1.82) is 0 Å². The largest absolute Gasteiger partial charge is 0.394 e. The predicted octanol–water partition coefficient (Wildman–Crippen LogP) is -2.11. The third-order valence-electron chi connectivity index (χ3n) is 1.49. The highest BCUT2D eigenvalue weighted by Gasteiger charge is 2.04. The van der Waals surface area contributed by atoms with E-state index in [4.69, 9.17) is 10.2 Å². The molecule has 0 radical (unpaired) electrons. The molecule has 1 unspecified atom stereocenters. The highest BCUT2D eigenvalue weighted by molar-refractivity contribution is 4.86. The van der Waals surface area contributed by atoms with Gasteiger partial charge in [0.25, 0.3) is 11.1 Å². The lowest BCUT2D eigenvalue weighted by Crippen LogP contribution is -2.33. The number of aliphatic hydroxyl groups is 2. The average molecular weight is 186 g/mol. The summed E-state index contributed by atoms with van der Waals surface area (Å²) in [4.78, 5) is 21.8. The van der Waals surface area contributed by atoms with Gasteiger partial charge in [0, 0.05) is 12.1 Å². The molecule has 0 spiro atoms. The number of rotatable bonds is 3. The second kappa shape index (κ2) is 4.01. The van der Waals surface area contributed by atoms with Crippen LogP contribution in [0.25, 0.3) is 0 Å². The Labute approximate surface area is 73.1 Å². The molecule has 72 valence electrons. The third-order valence-corrected chi connectivity index (χ3v) is 1.49. The first kappa shape index (κ1) is 9.69. The van der Waals surface area contributed by atoms with Crippen molar-refractivity contribution >= 4 is 0 Å². The Kier molecular flexibility index (Phi) is 2.99. The molecule has 0 saturated heterocycles. The number of aromatic nitrogens is 2. The molecule has 6 heteroatoms. The van der Waals surface area contributed by atoms with Gasteiger partial charge in [-0.15, -0.1) is 0 Å². The molecule has 1 aromatic rings. The normalized spacial score (nSPS) is 12.8. The summed E-state index contributed by atoms with van der Waals surface area (Å²) in [6.45, 7) is -0.575. The highest BCUT2D eigenvalue weighted by Crippen LogP contribution is 1.82. The molecule has 0 saturated carbocycles. The minimum absolute atomic E-state index is 0.120. The zero-order chi connectivity index (χ0) is 9.84. The SMILES string of the molecule is O=c1ccc(=O)n(CC(O)CO)[nH]1. The van der Waals surface area contributed by atoms with Crippen molar-refractivity contribution in [2.45, 2.75) is 12.6 Å². The Morgan fingerprint density at radius 1 is 1.46 bits per heavy atom. The summed E-state index contributed by atoms with van der Waals surface area (Å²) in [5.74, 6) is 0. The first-order valence-corrected chi connectivity index (χ1v) is 3.72. The van der Waals surface area contributed by atoms with Gasteiger partial charge in [-0.05, 0) is 0 Å². The van der Waals surface area contributed by atoms with E-state index in [2.05, 4.69) is 5.10 Å². The smallest absolute Gasteiger partial charge is 0.265 e. The van der Waals surface area contributed by atoms with Crippen LogP contribution in [0.1, 0.15) is 0 Å². The summed E-state index contributed by atoms with van der Waals surface area (Å²) < 4.78 is 0.948. The summed E-state index contributed by atoms with van der Waals surface area (Å²) in [6.07, 6.45) is -1.05. The number of hydrogen-bond donors (Lipinski definition) is 3. The quantitative estimate of drug-likeness (QED) is 0.503. The van der Waals surface area contributed by atoms with Crippen LogP contribution in [0.3, 0.4) is 0 Å². The molecule has 1 atom stereocenters. The molecule has 0 aliphatic carbocycles. The van der Waals surface area contributed by atoms with Crippen LogP contribution in [0.2, 0.25) is 0 Å². The van der Waals surface area contributed by atoms with Crippen molar-refractivity contribution in [1.82, 2.24) is 9.78 Å². The average Bonchev–Trinajstić information content (AvgIpc) is 2.11. The van der Waals surface area contributed by atoms with Crippen LogP contribution in [0.4, 0.5) is 0 Å². The summed E-state index contributed by atoms with van der Waals surface area (Å²) in [5.41, 5.74) is -0.850. The minimum atomic E-state index is -1.05. The maximum Gasteiger partial charge on any atom is 0.265 e. The number of aliphatic hydroxyl groups excluding tert-OH is 2. The van der Waals surface area contributed by atoms with E-state index in [0.29, 0.717) is 0 Å². The fourth-order valence-corrected chi connectivity index (χ4v) is 0.866. The second-order valence-corrected chi connectivity index (χ2v) is 2.59. The van der Waals surface area contributed by atoms with E-state index in [1.807, 2.05) is 0 Å². The number of nitrogens with one attached hydrogen (secondary N) is 1. The van der Waals surface area contributed by atoms with E-state index in [1.54, 1.807) is 0 Å². The van der Waals surface area contributed by atoms with Crippen molar-refractivity contribution in [3.05, 3.63) is 32.8 Å². The predicted molar refractivity (Wildman–Crippen MR) is 44.4 cm³/mol. The summed E-state index contributed by atoms with van der Waals surface area (Å²) in [7, 11) is 0. The van der Waals surface area contributed by atoms with E-state index in [0.717, 1.165) is 16.8 Å². The standard InChI is InChI=1S/C7H10N2O4/c10-4-5(11)3-9-7(13)2-1-6(12)8-9/h1-2,5,10-11H,3-4H2,(H,8,12). The Balaban J connectivity index is 2.94. The Morgan fingerprint density at radius 2 is 2.15 bits per heavy atom. The summed E-state index contributed by atoms with van der Waals surface area (Å²) in [6, 6.07) is 2.20. The monoisotopic (exact) mass is 186 g/mol. The minimum Gasteiger partial charge on any atom is -0.394 e. The molecule has 0 aliphatic rings. The van der Waals surface area contributed by atoms with Crippen molar-refractivity contribution in [3.8, 4) is 0 Å². The zero-order valence-electron chi connectivity index (χ0n) is 6.80. The number of H-pyrrole nitrogens is 1. The van der Waals surface area contributed by atoms with Gasteiger partial charge in [-0.3, -0.25) is 14.7 Å². The van der Waals surface area contributed by atoms with Gasteiger partial charge >= 0.3 is 0 Å². The maximum atomic E-state index is 11.0. The molecule has 1 rings (SSSR count). The lowest BCUT2D eigenvalue weighted by molar-refractivity contribution is 0.0768. The zero-order valence-corrected chi connectivity index (χ0v) is 6.80. The van der Waals surface area contributed by atoms with Crippen LogP contribution < -0.4 is 11.1 Å². The van der Waals surface area contributed by atoms with E-state index in [-0.39, 0.29) is 6.54 Å². The molecule has 0 aromatic carbocycles. The molecule has 0 fully saturated rings. The van der Waals surface area contributed by atoms with Crippen LogP contribution in [0, 0.1) is 0 Å². The van der Waals surface area contributed by atoms with Crippen molar-refractivity contribution in [3.63, 3.8) is 0 Å².